The number of carbonyl (C=O) groups excluding carboxylic acids is 1. The molecule has 86 valence electrons. The van der Waals surface area contributed by atoms with Crippen LogP contribution in [-0.4, -0.2) is 11.8 Å². The van der Waals surface area contributed by atoms with Crippen molar-refractivity contribution in [2.75, 3.05) is 5.32 Å². The lowest BCUT2D eigenvalue weighted by Gasteiger charge is -2.11. The second kappa shape index (κ2) is 4.69. The third-order valence-corrected chi connectivity index (χ3v) is 2.96. The van der Waals surface area contributed by atoms with Gasteiger partial charge in [0.05, 0.1) is 0 Å². The van der Waals surface area contributed by atoms with E-state index in [0.717, 1.165) is 11.3 Å². The molecule has 0 atom stereocenters. The summed E-state index contributed by atoms with van der Waals surface area (Å²) in [6.45, 7) is 3.92. The fourth-order valence-corrected chi connectivity index (χ4v) is 1.65. The zero-order valence-corrected chi connectivity index (χ0v) is 9.99. The average Bonchev–Trinajstić information content (AvgIpc) is 3.04. The zero-order valence-electron chi connectivity index (χ0n) is 9.99. The van der Waals surface area contributed by atoms with Gasteiger partial charge >= 0.3 is 0 Å². The Morgan fingerprint density at radius 1 is 1.38 bits per heavy atom. The second-order valence-electron chi connectivity index (χ2n) is 4.87. The predicted molar refractivity (Wildman–Crippen MR) is 66.6 cm³/mol. The first-order valence-electron chi connectivity index (χ1n) is 6.04. The standard InChI is InChI=1S/C14H19NO/c1-10(2)14(16)9-11-5-3-4-6-13(11)15-12-7-8-12/h3-6,10,12,15H,7-9H2,1-2H3. The quantitative estimate of drug-likeness (QED) is 0.821. The van der Waals surface area contributed by atoms with Crippen molar-refractivity contribution in [2.24, 2.45) is 5.92 Å². The van der Waals surface area contributed by atoms with Crippen molar-refractivity contribution in [1.82, 2.24) is 0 Å². The predicted octanol–water partition coefficient (Wildman–Crippen LogP) is 3.03. The first-order valence-corrected chi connectivity index (χ1v) is 6.04. The number of nitrogens with one attached hydrogen (secondary N) is 1. The topological polar surface area (TPSA) is 29.1 Å². The molecule has 1 aromatic rings. The summed E-state index contributed by atoms with van der Waals surface area (Å²) in [4.78, 5) is 11.7. The van der Waals surface area contributed by atoms with E-state index in [-0.39, 0.29) is 5.92 Å². The smallest absolute Gasteiger partial charge is 0.139 e. The van der Waals surface area contributed by atoms with Gasteiger partial charge in [0.2, 0.25) is 0 Å². The maximum Gasteiger partial charge on any atom is 0.139 e. The number of hydrogen-bond donors (Lipinski definition) is 1. The van der Waals surface area contributed by atoms with Gasteiger partial charge < -0.3 is 5.32 Å². The van der Waals surface area contributed by atoms with E-state index in [1.165, 1.54) is 12.8 Å². The first kappa shape index (κ1) is 11.2. The molecule has 0 aromatic heterocycles. The van der Waals surface area contributed by atoms with E-state index in [1.807, 2.05) is 32.0 Å². The molecule has 2 nitrogen and oxygen atoms in total. The molecule has 0 aliphatic heterocycles. The van der Waals surface area contributed by atoms with Crippen LogP contribution in [0.4, 0.5) is 5.69 Å². The van der Waals surface area contributed by atoms with Gasteiger partial charge in [-0.25, -0.2) is 0 Å². The van der Waals surface area contributed by atoms with Crippen LogP contribution in [-0.2, 0) is 11.2 Å². The number of hydrogen-bond acceptors (Lipinski definition) is 2. The molecule has 1 fully saturated rings. The molecule has 1 aliphatic rings. The molecule has 1 saturated carbocycles. The minimum Gasteiger partial charge on any atom is -0.382 e. The number of benzene rings is 1. The van der Waals surface area contributed by atoms with E-state index in [4.69, 9.17) is 0 Å². The fraction of sp³-hybridized carbons (Fsp3) is 0.500. The largest absolute Gasteiger partial charge is 0.382 e. The molecule has 0 saturated heterocycles. The van der Waals surface area contributed by atoms with Gasteiger partial charge in [-0.1, -0.05) is 32.0 Å². The summed E-state index contributed by atoms with van der Waals surface area (Å²) in [5, 5.41) is 3.48. The van der Waals surface area contributed by atoms with Gasteiger partial charge in [0.15, 0.2) is 0 Å². The Bertz CT molecular complexity index is 380. The average molecular weight is 217 g/mol. The molecular weight excluding hydrogens is 198 g/mol. The summed E-state index contributed by atoms with van der Waals surface area (Å²) >= 11 is 0. The number of rotatable bonds is 5. The molecule has 2 rings (SSSR count). The van der Waals surface area contributed by atoms with Crippen molar-refractivity contribution < 1.29 is 4.79 Å². The van der Waals surface area contributed by atoms with Gasteiger partial charge in [-0.15, -0.1) is 0 Å². The molecule has 0 bridgehead atoms. The van der Waals surface area contributed by atoms with Crippen LogP contribution in [0.2, 0.25) is 0 Å². The number of anilines is 1. The molecule has 1 aromatic carbocycles. The molecule has 0 amide bonds. The molecule has 16 heavy (non-hydrogen) atoms. The van der Waals surface area contributed by atoms with Crippen LogP contribution in [0, 0.1) is 5.92 Å². The third kappa shape index (κ3) is 2.84. The van der Waals surface area contributed by atoms with Crippen LogP contribution in [0.5, 0.6) is 0 Å². The molecule has 0 unspecified atom stereocenters. The minimum atomic E-state index is 0.119. The van der Waals surface area contributed by atoms with E-state index in [1.54, 1.807) is 0 Å². The fourth-order valence-electron chi connectivity index (χ4n) is 1.65. The maximum atomic E-state index is 11.7. The Labute approximate surface area is 97.1 Å². The van der Waals surface area contributed by atoms with Gasteiger partial charge in [-0.05, 0) is 24.5 Å². The molecule has 1 aliphatic carbocycles. The lowest BCUT2D eigenvalue weighted by atomic mass is 10.00. The maximum absolute atomic E-state index is 11.7. The lowest BCUT2D eigenvalue weighted by Crippen LogP contribution is -2.12. The summed E-state index contributed by atoms with van der Waals surface area (Å²) in [7, 11) is 0. The summed E-state index contributed by atoms with van der Waals surface area (Å²) < 4.78 is 0. The zero-order chi connectivity index (χ0) is 11.5. The first-order chi connectivity index (χ1) is 7.66. The van der Waals surface area contributed by atoms with Gasteiger partial charge in [0, 0.05) is 24.1 Å². The highest BCUT2D eigenvalue weighted by Crippen LogP contribution is 2.27. The molecule has 0 radical (unpaired) electrons. The number of para-hydroxylation sites is 1. The van der Waals surface area contributed by atoms with Crippen molar-refractivity contribution in [2.45, 2.75) is 39.2 Å². The SMILES string of the molecule is CC(C)C(=O)Cc1ccccc1NC1CC1. The Balaban J connectivity index is 2.09. The van der Waals surface area contributed by atoms with Gasteiger partial charge in [-0.3, -0.25) is 4.79 Å². The normalized spacial score (nSPS) is 15.2. The van der Waals surface area contributed by atoms with Crippen molar-refractivity contribution >= 4 is 11.5 Å². The van der Waals surface area contributed by atoms with Gasteiger partial charge in [0.25, 0.3) is 0 Å². The highest BCUT2D eigenvalue weighted by Gasteiger charge is 2.22. The van der Waals surface area contributed by atoms with Crippen LogP contribution in [0.25, 0.3) is 0 Å². The van der Waals surface area contributed by atoms with Crippen LogP contribution >= 0.6 is 0 Å². The van der Waals surface area contributed by atoms with Crippen LogP contribution < -0.4 is 5.32 Å². The van der Waals surface area contributed by atoms with Crippen molar-refractivity contribution in [3.63, 3.8) is 0 Å². The van der Waals surface area contributed by atoms with E-state index in [2.05, 4.69) is 11.4 Å². The Hall–Kier alpha value is -1.31. The van der Waals surface area contributed by atoms with Crippen LogP contribution in [0.3, 0.4) is 0 Å². The minimum absolute atomic E-state index is 0.119. The van der Waals surface area contributed by atoms with Gasteiger partial charge in [-0.2, -0.15) is 0 Å². The summed E-state index contributed by atoms with van der Waals surface area (Å²) in [6, 6.07) is 8.77. The summed E-state index contributed by atoms with van der Waals surface area (Å²) in [5.41, 5.74) is 2.27. The number of Topliss-reactive ketones (excluding diaryl/α,β-unsaturated/α-hetero) is 1. The Kier molecular flexibility index (Phi) is 3.28. The summed E-state index contributed by atoms with van der Waals surface area (Å²) in [5.74, 6) is 0.430. The summed E-state index contributed by atoms with van der Waals surface area (Å²) in [6.07, 6.45) is 3.06. The molecule has 0 heterocycles. The van der Waals surface area contributed by atoms with E-state index < -0.39 is 0 Å². The van der Waals surface area contributed by atoms with Crippen LogP contribution in [0.1, 0.15) is 32.3 Å². The lowest BCUT2D eigenvalue weighted by molar-refractivity contribution is -0.121. The van der Waals surface area contributed by atoms with E-state index in [0.29, 0.717) is 18.2 Å². The van der Waals surface area contributed by atoms with Crippen molar-refractivity contribution in [3.05, 3.63) is 29.8 Å². The molecule has 2 heteroatoms. The second-order valence-corrected chi connectivity index (χ2v) is 4.87. The number of carbonyl (C=O) groups is 1. The molecule has 0 spiro atoms. The third-order valence-electron chi connectivity index (χ3n) is 2.96. The number of ketones is 1. The van der Waals surface area contributed by atoms with Gasteiger partial charge in [0.1, 0.15) is 5.78 Å². The Morgan fingerprint density at radius 2 is 2.06 bits per heavy atom. The van der Waals surface area contributed by atoms with Crippen molar-refractivity contribution in [1.29, 1.82) is 0 Å². The molecule has 1 N–H and O–H groups in total. The molecular formula is C14H19NO. The monoisotopic (exact) mass is 217 g/mol. The Morgan fingerprint density at radius 3 is 2.69 bits per heavy atom. The van der Waals surface area contributed by atoms with Crippen molar-refractivity contribution in [3.8, 4) is 0 Å². The van der Waals surface area contributed by atoms with E-state index >= 15 is 0 Å². The highest BCUT2D eigenvalue weighted by atomic mass is 16.1. The van der Waals surface area contributed by atoms with E-state index in [9.17, 15) is 4.79 Å². The highest BCUT2D eigenvalue weighted by molar-refractivity contribution is 5.84. The van der Waals surface area contributed by atoms with Crippen LogP contribution in [0.15, 0.2) is 24.3 Å².